The van der Waals surface area contributed by atoms with Gasteiger partial charge < -0.3 is 20.1 Å². The number of anilines is 3. The highest BCUT2D eigenvalue weighted by molar-refractivity contribution is 6.30. The Balaban J connectivity index is 1.74. The number of hydrogen-bond acceptors (Lipinski definition) is 9. The van der Waals surface area contributed by atoms with Crippen LogP contribution in [0.4, 0.5) is 23.1 Å². The molecular formula is C19H19ClN6O4. The summed E-state index contributed by atoms with van der Waals surface area (Å²) in [4.78, 5) is 23.2. The van der Waals surface area contributed by atoms with Crippen LogP contribution in [0.2, 0.25) is 5.02 Å². The van der Waals surface area contributed by atoms with Crippen molar-refractivity contribution in [1.82, 2.24) is 15.0 Å². The van der Waals surface area contributed by atoms with Gasteiger partial charge in [0, 0.05) is 12.7 Å². The molecule has 0 bridgehead atoms. The number of ether oxygens (including phenoxy) is 2. The molecule has 30 heavy (non-hydrogen) atoms. The van der Waals surface area contributed by atoms with Gasteiger partial charge in [-0.05, 0) is 36.2 Å². The summed E-state index contributed by atoms with van der Waals surface area (Å²) in [6.45, 7) is 0.409. The van der Waals surface area contributed by atoms with E-state index in [1.54, 1.807) is 26.4 Å². The van der Waals surface area contributed by atoms with Gasteiger partial charge in [-0.25, -0.2) is 15.0 Å². The van der Waals surface area contributed by atoms with Crippen LogP contribution >= 0.6 is 11.6 Å². The zero-order valence-corrected chi connectivity index (χ0v) is 17.0. The summed E-state index contributed by atoms with van der Waals surface area (Å²) < 4.78 is 10.5. The van der Waals surface area contributed by atoms with Crippen molar-refractivity contribution in [3.05, 3.63) is 63.6 Å². The van der Waals surface area contributed by atoms with Gasteiger partial charge in [0.1, 0.15) is 12.1 Å². The highest BCUT2D eigenvalue weighted by atomic mass is 35.5. The fraction of sp³-hybridized carbons (Fsp3) is 0.211. The molecule has 3 aromatic rings. The van der Waals surface area contributed by atoms with Crippen LogP contribution in [0.1, 0.15) is 5.56 Å². The normalized spacial score (nSPS) is 10.4. The van der Waals surface area contributed by atoms with Crippen LogP contribution in [0, 0.1) is 10.1 Å². The molecule has 3 rings (SSSR count). The fourth-order valence-electron chi connectivity index (χ4n) is 2.71. The van der Waals surface area contributed by atoms with Crippen LogP contribution in [-0.4, -0.2) is 40.6 Å². The van der Waals surface area contributed by atoms with E-state index in [-0.39, 0.29) is 17.3 Å². The Morgan fingerprint density at radius 1 is 1.07 bits per heavy atom. The summed E-state index contributed by atoms with van der Waals surface area (Å²) in [5.74, 6) is 1.75. The molecule has 2 N–H and O–H groups in total. The molecule has 0 aliphatic carbocycles. The van der Waals surface area contributed by atoms with Crippen LogP contribution in [0.5, 0.6) is 11.5 Å². The number of rotatable bonds is 9. The molecule has 0 unspecified atom stereocenters. The van der Waals surface area contributed by atoms with Gasteiger partial charge in [0.2, 0.25) is 11.6 Å². The Kier molecular flexibility index (Phi) is 6.81. The molecule has 1 aromatic carbocycles. The smallest absolute Gasteiger partial charge is 0.353 e. The van der Waals surface area contributed by atoms with Gasteiger partial charge in [-0.15, -0.1) is 0 Å². The minimum Gasteiger partial charge on any atom is -0.493 e. The number of methoxy groups -OCH3 is 2. The van der Waals surface area contributed by atoms with Crippen LogP contribution in [0.15, 0.2) is 42.9 Å². The summed E-state index contributed by atoms with van der Waals surface area (Å²) in [6.07, 6.45) is 3.26. The van der Waals surface area contributed by atoms with Crippen molar-refractivity contribution in [2.24, 2.45) is 0 Å². The maximum atomic E-state index is 11.6. The second-order valence-corrected chi connectivity index (χ2v) is 6.47. The highest BCUT2D eigenvalue weighted by Gasteiger charge is 2.23. The third-order valence-electron chi connectivity index (χ3n) is 4.13. The van der Waals surface area contributed by atoms with Crippen LogP contribution < -0.4 is 20.1 Å². The molecule has 0 fully saturated rings. The van der Waals surface area contributed by atoms with Crippen molar-refractivity contribution in [3.8, 4) is 11.5 Å². The zero-order valence-electron chi connectivity index (χ0n) is 16.3. The summed E-state index contributed by atoms with van der Waals surface area (Å²) in [6, 6.07) is 8.78. The van der Waals surface area contributed by atoms with E-state index in [4.69, 9.17) is 21.1 Å². The number of benzene rings is 1. The number of aromatic nitrogens is 3. The van der Waals surface area contributed by atoms with Gasteiger partial charge in [-0.2, -0.15) is 0 Å². The molecule has 0 spiro atoms. The van der Waals surface area contributed by atoms with Gasteiger partial charge >= 0.3 is 5.69 Å². The van der Waals surface area contributed by atoms with Crippen molar-refractivity contribution in [3.63, 3.8) is 0 Å². The van der Waals surface area contributed by atoms with E-state index in [9.17, 15) is 10.1 Å². The number of nitro groups is 1. The van der Waals surface area contributed by atoms with Gasteiger partial charge in [-0.3, -0.25) is 10.1 Å². The average Bonchev–Trinajstić information content (AvgIpc) is 2.75. The number of nitrogens with zero attached hydrogens (tertiary/aromatic N) is 4. The first kappa shape index (κ1) is 21.1. The predicted molar refractivity (Wildman–Crippen MR) is 113 cm³/mol. The quantitative estimate of drug-likeness (QED) is 0.384. The van der Waals surface area contributed by atoms with Gasteiger partial charge in [0.25, 0.3) is 0 Å². The Hall–Kier alpha value is -3.66. The molecule has 0 aliphatic heterocycles. The van der Waals surface area contributed by atoms with E-state index in [0.29, 0.717) is 35.3 Å². The van der Waals surface area contributed by atoms with Crippen molar-refractivity contribution in [1.29, 1.82) is 0 Å². The van der Waals surface area contributed by atoms with Crippen molar-refractivity contribution in [2.45, 2.75) is 6.42 Å². The van der Waals surface area contributed by atoms with E-state index in [0.717, 1.165) is 5.56 Å². The monoisotopic (exact) mass is 430 g/mol. The third-order valence-corrected chi connectivity index (χ3v) is 4.36. The predicted octanol–water partition coefficient (Wildman–Crippen LogP) is 3.85. The maximum Gasteiger partial charge on any atom is 0.353 e. The molecule has 0 radical (unpaired) electrons. The van der Waals surface area contributed by atoms with Crippen LogP contribution in [-0.2, 0) is 6.42 Å². The van der Waals surface area contributed by atoms with E-state index >= 15 is 0 Å². The minimum atomic E-state index is -0.545. The topological polar surface area (TPSA) is 124 Å². The molecule has 11 heteroatoms. The summed E-state index contributed by atoms with van der Waals surface area (Å²) in [5.41, 5.74) is 0.696. The van der Waals surface area contributed by atoms with E-state index in [1.165, 1.54) is 12.5 Å². The third kappa shape index (κ3) is 5.03. The first-order chi connectivity index (χ1) is 14.5. The Labute approximate surface area is 177 Å². The first-order valence-corrected chi connectivity index (χ1v) is 9.22. The van der Waals surface area contributed by atoms with Crippen LogP contribution in [0.25, 0.3) is 0 Å². The molecule has 2 aromatic heterocycles. The van der Waals surface area contributed by atoms with E-state index in [1.807, 2.05) is 18.2 Å². The molecule has 0 saturated heterocycles. The second kappa shape index (κ2) is 9.70. The summed E-state index contributed by atoms with van der Waals surface area (Å²) >= 11 is 5.82. The Morgan fingerprint density at radius 3 is 2.50 bits per heavy atom. The molecule has 2 heterocycles. The van der Waals surface area contributed by atoms with Crippen molar-refractivity contribution >= 4 is 34.7 Å². The molecule has 156 valence electrons. The van der Waals surface area contributed by atoms with Crippen LogP contribution in [0.3, 0.4) is 0 Å². The average molecular weight is 431 g/mol. The molecule has 0 saturated carbocycles. The minimum absolute atomic E-state index is 0.0263. The van der Waals surface area contributed by atoms with Gasteiger partial charge in [-0.1, -0.05) is 17.7 Å². The number of halogens is 1. The lowest BCUT2D eigenvalue weighted by Gasteiger charge is -2.11. The second-order valence-electron chi connectivity index (χ2n) is 6.03. The number of pyridine rings is 1. The first-order valence-electron chi connectivity index (χ1n) is 8.84. The summed E-state index contributed by atoms with van der Waals surface area (Å²) in [5, 5.41) is 17.9. The van der Waals surface area contributed by atoms with Gasteiger partial charge in [0.05, 0.1) is 24.2 Å². The number of nitrogens with one attached hydrogen (secondary N) is 2. The van der Waals surface area contributed by atoms with E-state index < -0.39 is 4.92 Å². The highest BCUT2D eigenvalue weighted by Crippen LogP contribution is 2.31. The fourth-order valence-corrected chi connectivity index (χ4v) is 2.82. The maximum absolute atomic E-state index is 11.6. The molecule has 0 atom stereocenters. The standard InChI is InChI=1S/C19H19ClN6O4/c1-29-14-5-3-12(9-15(14)30-2)7-8-21-18-17(26(27)28)19(24-11-23-18)25-16-6-4-13(20)10-22-16/h3-6,9-11H,7-8H2,1-2H3,(H2,21,22,23,24,25). The molecular weight excluding hydrogens is 412 g/mol. The zero-order chi connectivity index (χ0) is 21.5. The van der Waals surface area contributed by atoms with E-state index in [2.05, 4.69) is 25.6 Å². The number of hydrogen-bond donors (Lipinski definition) is 2. The lowest BCUT2D eigenvalue weighted by atomic mass is 10.1. The van der Waals surface area contributed by atoms with Crippen molar-refractivity contribution in [2.75, 3.05) is 31.4 Å². The summed E-state index contributed by atoms with van der Waals surface area (Å²) in [7, 11) is 3.13. The lowest BCUT2D eigenvalue weighted by Crippen LogP contribution is -2.11. The largest absolute Gasteiger partial charge is 0.493 e. The molecule has 10 nitrogen and oxygen atoms in total. The Morgan fingerprint density at radius 2 is 1.83 bits per heavy atom. The SMILES string of the molecule is COc1ccc(CCNc2ncnc(Nc3ccc(Cl)cn3)c2[N+](=O)[O-])cc1OC. The molecule has 0 aliphatic rings. The van der Waals surface area contributed by atoms with Gasteiger partial charge in [0.15, 0.2) is 11.5 Å². The van der Waals surface area contributed by atoms with Crippen molar-refractivity contribution < 1.29 is 14.4 Å². The Bertz CT molecular complexity index is 1030. The lowest BCUT2D eigenvalue weighted by molar-refractivity contribution is -0.383. The molecule has 0 amide bonds.